The summed E-state index contributed by atoms with van der Waals surface area (Å²) in [4.78, 5) is 0. The van der Waals surface area contributed by atoms with Gasteiger partial charge in [-0.2, -0.15) is 11.8 Å². The van der Waals surface area contributed by atoms with Crippen molar-refractivity contribution in [3.05, 3.63) is 0 Å². The topological polar surface area (TPSA) is 29.5 Å². The molecule has 3 unspecified atom stereocenters. The molecule has 0 bridgehead atoms. The quantitative estimate of drug-likeness (QED) is 0.784. The molecular weight excluding hydrogens is 196 g/mol. The van der Waals surface area contributed by atoms with E-state index in [0.29, 0.717) is 11.4 Å². The van der Waals surface area contributed by atoms with Crippen LogP contribution in [0.3, 0.4) is 0 Å². The Morgan fingerprint density at radius 1 is 1.14 bits per heavy atom. The molecule has 1 N–H and O–H groups in total. The van der Waals surface area contributed by atoms with Gasteiger partial charge in [0.2, 0.25) is 0 Å². The number of ether oxygens (including phenoxy) is 1. The molecule has 2 aliphatic rings. The van der Waals surface area contributed by atoms with E-state index < -0.39 is 0 Å². The molecule has 1 saturated heterocycles. The van der Waals surface area contributed by atoms with Crippen LogP contribution in [0.1, 0.15) is 38.5 Å². The lowest BCUT2D eigenvalue weighted by Gasteiger charge is -2.27. The summed E-state index contributed by atoms with van der Waals surface area (Å²) in [6.45, 7) is 0.943. The van der Waals surface area contributed by atoms with E-state index in [1.165, 1.54) is 32.1 Å². The summed E-state index contributed by atoms with van der Waals surface area (Å²) < 4.78 is 5.58. The Kier molecular flexibility index (Phi) is 4.14. The minimum absolute atomic E-state index is 0.0600. The third kappa shape index (κ3) is 2.88. The zero-order valence-corrected chi connectivity index (χ0v) is 9.47. The molecule has 0 radical (unpaired) electrons. The lowest BCUT2D eigenvalue weighted by molar-refractivity contribution is 0.125. The van der Waals surface area contributed by atoms with Gasteiger partial charge in [-0.05, 0) is 25.7 Å². The minimum Gasteiger partial charge on any atom is -0.392 e. The van der Waals surface area contributed by atoms with E-state index >= 15 is 0 Å². The molecule has 1 saturated carbocycles. The fourth-order valence-corrected chi connectivity index (χ4v) is 3.69. The number of aliphatic hydroxyl groups is 1. The van der Waals surface area contributed by atoms with Crippen molar-refractivity contribution in [1.29, 1.82) is 0 Å². The molecule has 0 aromatic heterocycles. The van der Waals surface area contributed by atoms with Crippen LogP contribution in [0, 0.1) is 0 Å². The van der Waals surface area contributed by atoms with Gasteiger partial charge < -0.3 is 9.84 Å². The van der Waals surface area contributed by atoms with Crippen molar-refractivity contribution < 1.29 is 9.84 Å². The second-order valence-corrected chi connectivity index (χ2v) is 5.63. The molecule has 1 aliphatic carbocycles. The molecule has 1 aliphatic heterocycles. The Morgan fingerprint density at radius 2 is 2.00 bits per heavy atom. The summed E-state index contributed by atoms with van der Waals surface area (Å²) in [5.41, 5.74) is 0. The van der Waals surface area contributed by atoms with Crippen LogP contribution in [-0.2, 0) is 4.74 Å². The van der Waals surface area contributed by atoms with Crippen LogP contribution in [0.15, 0.2) is 0 Å². The minimum atomic E-state index is -0.0600. The molecule has 0 aromatic carbocycles. The van der Waals surface area contributed by atoms with Gasteiger partial charge >= 0.3 is 0 Å². The first-order valence-corrected chi connectivity index (χ1v) is 6.82. The fraction of sp³-hybridized carbons (Fsp3) is 1.00. The maximum absolute atomic E-state index is 9.78. The number of thioether (sulfide) groups is 1. The SMILES string of the molecule is OC1CCCCC1SCC1CCCO1. The highest BCUT2D eigenvalue weighted by Gasteiger charge is 2.25. The van der Waals surface area contributed by atoms with Gasteiger partial charge in [0.1, 0.15) is 0 Å². The monoisotopic (exact) mass is 216 g/mol. The van der Waals surface area contributed by atoms with Crippen molar-refractivity contribution in [2.45, 2.75) is 56.0 Å². The van der Waals surface area contributed by atoms with Crippen LogP contribution in [0.25, 0.3) is 0 Å². The Bertz CT molecular complexity index is 169. The molecule has 1 heterocycles. The van der Waals surface area contributed by atoms with Gasteiger partial charge in [-0.1, -0.05) is 12.8 Å². The Balaban J connectivity index is 1.67. The van der Waals surface area contributed by atoms with E-state index in [9.17, 15) is 5.11 Å². The summed E-state index contributed by atoms with van der Waals surface area (Å²) >= 11 is 1.93. The Hall–Kier alpha value is 0.270. The smallest absolute Gasteiger partial charge is 0.0666 e. The lowest BCUT2D eigenvalue weighted by atomic mass is 9.97. The maximum atomic E-state index is 9.78. The van der Waals surface area contributed by atoms with Crippen LogP contribution in [0.2, 0.25) is 0 Å². The van der Waals surface area contributed by atoms with E-state index in [0.717, 1.165) is 18.8 Å². The molecule has 82 valence electrons. The average Bonchev–Trinajstić information content (AvgIpc) is 2.69. The Labute approximate surface area is 90.4 Å². The summed E-state index contributed by atoms with van der Waals surface area (Å²) in [6.07, 6.45) is 7.54. The predicted molar refractivity (Wildman–Crippen MR) is 59.7 cm³/mol. The third-order valence-electron chi connectivity index (χ3n) is 3.19. The van der Waals surface area contributed by atoms with Crippen molar-refractivity contribution in [2.24, 2.45) is 0 Å². The lowest BCUT2D eigenvalue weighted by Crippen LogP contribution is -2.28. The first-order chi connectivity index (χ1) is 6.86. The molecule has 14 heavy (non-hydrogen) atoms. The van der Waals surface area contributed by atoms with Gasteiger partial charge in [0.15, 0.2) is 0 Å². The highest BCUT2D eigenvalue weighted by atomic mass is 32.2. The van der Waals surface area contributed by atoms with Gasteiger partial charge in [0, 0.05) is 17.6 Å². The number of hydrogen-bond donors (Lipinski definition) is 1. The first kappa shape index (κ1) is 10.8. The predicted octanol–water partition coefficient (Wildman–Crippen LogP) is 2.20. The molecule has 0 aromatic rings. The van der Waals surface area contributed by atoms with Crippen molar-refractivity contribution in [3.8, 4) is 0 Å². The summed E-state index contributed by atoms with van der Waals surface area (Å²) in [7, 11) is 0. The van der Waals surface area contributed by atoms with E-state index in [4.69, 9.17) is 4.74 Å². The second kappa shape index (κ2) is 5.38. The standard InChI is InChI=1S/C11H20O2S/c12-10-5-1-2-6-11(10)14-8-9-4-3-7-13-9/h9-12H,1-8H2. The summed E-state index contributed by atoms with van der Waals surface area (Å²) in [5.74, 6) is 1.09. The molecule has 2 rings (SSSR count). The van der Waals surface area contributed by atoms with Gasteiger partial charge in [0.25, 0.3) is 0 Å². The Morgan fingerprint density at radius 3 is 2.71 bits per heavy atom. The molecule has 2 nitrogen and oxygen atoms in total. The first-order valence-electron chi connectivity index (χ1n) is 5.77. The van der Waals surface area contributed by atoms with Crippen molar-refractivity contribution in [1.82, 2.24) is 0 Å². The van der Waals surface area contributed by atoms with Gasteiger partial charge in [0.05, 0.1) is 12.2 Å². The normalized spacial score (nSPS) is 38.8. The summed E-state index contributed by atoms with van der Waals surface area (Å²) in [5, 5.41) is 10.3. The summed E-state index contributed by atoms with van der Waals surface area (Å²) in [6, 6.07) is 0. The number of hydrogen-bond acceptors (Lipinski definition) is 3. The van der Waals surface area contributed by atoms with Gasteiger partial charge in [-0.25, -0.2) is 0 Å². The van der Waals surface area contributed by atoms with Crippen LogP contribution in [-0.4, -0.2) is 34.9 Å². The van der Waals surface area contributed by atoms with Gasteiger partial charge in [-0.3, -0.25) is 0 Å². The van der Waals surface area contributed by atoms with Crippen molar-refractivity contribution in [2.75, 3.05) is 12.4 Å². The zero-order valence-electron chi connectivity index (χ0n) is 8.65. The third-order valence-corrected chi connectivity index (χ3v) is 4.73. The number of rotatable bonds is 3. The van der Waals surface area contributed by atoms with Crippen LogP contribution in [0.4, 0.5) is 0 Å². The van der Waals surface area contributed by atoms with Gasteiger partial charge in [-0.15, -0.1) is 0 Å². The van der Waals surface area contributed by atoms with Crippen LogP contribution >= 0.6 is 11.8 Å². The molecule has 3 atom stereocenters. The van der Waals surface area contributed by atoms with E-state index in [-0.39, 0.29) is 6.10 Å². The molecule has 3 heteroatoms. The van der Waals surface area contributed by atoms with Crippen molar-refractivity contribution in [3.63, 3.8) is 0 Å². The maximum Gasteiger partial charge on any atom is 0.0666 e. The van der Waals surface area contributed by atoms with E-state index in [1.54, 1.807) is 0 Å². The highest BCUT2D eigenvalue weighted by molar-refractivity contribution is 8.00. The molecule has 0 spiro atoms. The largest absolute Gasteiger partial charge is 0.392 e. The molecule has 0 amide bonds. The van der Waals surface area contributed by atoms with E-state index in [1.807, 2.05) is 11.8 Å². The average molecular weight is 216 g/mol. The van der Waals surface area contributed by atoms with Crippen molar-refractivity contribution >= 4 is 11.8 Å². The molecule has 2 fully saturated rings. The fourth-order valence-electron chi connectivity index (χ4n) is 2.28. The van der Waals surface area contributed by atoms with Crippen LogP contribution in [0.5, 0.6) is 0 Å². The molecular formula is C11H20O2S. The second-order valence-electron chi connectivity index (χ2n) is 4.36. The number of aliphatic hydroxyl groups excluding tert-OH is 1. The zero-order chi connectivity index (χ0) is 9.80. The van der Waals surface area contributed by atoms with E-state index in [2.05, 4.69) is 0 Å². The highest BCUT2D eigenvalue weighted by Crippen LogP contribution is 2.30. The van der Waals surface area contributed by atoms with Crippen LogP contribution < -0.4 is 0 Å².